The quantitative estimate of drug-likeness (QED) is 0.710. The fourth-order valence-electron chi connectivity index (χ4n) is 2.76. The van der Waals surface area contributed by atoms with E-state index in [4.69, 9.17) is 0 Å². The number of benzene rings is 1. The predicted molar refractivity (Wildman–Crippen MR) is 69.8 cm³/mol. The van der Waals surface area contributed by atoms with Gasteiger partial charge >= 0.3 is 0 Å². The van der Waals surface area contributed by atoms with E-state index in [9.17, 15) is 0 Å². The molecule has 1 heteroatoms. The van der Waals surface area contributed by atoms with E-state index in [1.54, 1.807) is 5.56 Å². The van der Waals surface area contributed by atoms with Crippen LogP contribution in [-0.4, -0.2) is 7.05 Å². The molecule has 0 heterocycles. The van der Waals surface area contributed by atoms with Gasteiger partial charge in [-0.3, -0.25) is 0 Å². The maximum absolute atomic E-state index is 3.48. The van der Waals surface area contributed by atoms with Crippen molar-refractivity contribution in [1.29, 1.82) is 0 Å². The molecule has 0 aromatic heterocycles. The number of hydrogen-bond donors (Lipinski definition) is 1. The minimum absolute atomic E-state index is 0.548. The lowest BCUT2D eigenvalue weighted by molar-refractivity contribution is 0.428. The lowest BCUT2D eigenvalue weighted by Crippen LogP contribution is -2.18. The normalized spacial score (nSPS) is 25.0. The maximum Gasteiger partial charge on any atom is 0.0322 e. The van der Waals surface area contributed by atoms with Gasteiger partial charge in [0.1, 0.15) is 0 Å². The maximum atomic E-state index is 3.48. The lowest BCUT2D eigenvalue weighted by atomic mass is 9.93. The first-order valence-corrected chi connectivity index (χ1v) is 6.39. The number of fused-ring (bicyclic) bond motifs is 1. The molecule has 1 nitrogen and oxygen atoms in total. The summed E-state index contributed by atoms with van der Waals surface area (Å²) < 4.78 is 0. The Kier molecular flexibility index (Phi) is 3.34. The average Bonchev–Trinajstić information content (AvgIpc) is 2.40. The lowest BCUT2D eigenvalue weighted by Gasteiger charge is -2.20. The second-order valence-corrected chi connectivity index (χ2v) is 5.36. The summed E-state index contributed by atoms with van der Waals surface area (Å²) in [6.07, 6.45) is 3.84. The molecular formula is C15H23N. The van der Waals surface area contributed by atoms with Crippen LogP contribution in [0.3, 0.4) is 0 Å². The molecule has 1 aliphatic carbocycles. The van der Waals surface area contributed by atoms with E-state index in [1.165, 1.54) is 36.0 Å². The largest absolute Gasteiger partial charge is 0.313 e. The van der Waals surface area contributed by atoms with Gasteiger partial charge in [-0.05, 0) is 68.3 Å². The Balaban J connectivity index is 2.45. The highest BCUT2D eigenvalue weighted by molar-refractivity contribution is 5.39. The van der Waals surface area contributed by atoms with Gasteiger partial charge in [0.25, 0.3) is 0 Å². The molecule has 0 aliphatic heterocycles. The third-order valence-electron chi connectivity index (χ3n) is 4.02. The summed E-state index contributed by atoms with van der Waals surface area (Å²) in [4.78, 5) is 0. The zero-order valence-electron chi connectivity index (χ0n) is 10.9. The highest BCUT2D eigenvalue weighted by atomic mass is 14.9. The second kappa shape index (κ2) is 4.58. The zero-order valence-corrected chi connectivity index (χ0v) is 10.9. The minimum Gasteiger partial charge on any atom is -0.313 e. The summed E-state index contributed by atoms with van der Waals surface area (Å²) in [6, 6.07) is 5.34. The van der Waals surface area contributed by atoms with Crippen LogP contribution in [0.15, 0.2) is 12.1 Å². The smallest absolute Gasteiger partial charge is 0.0322 e. The first-order valence-electron chi connectivity index (χ1n) is 6.39. The van der Waals surface area contributed by atoms with Crippen LogP contribution in [0.2, 0.25) is 0 Å². The summed E-state index contributed by atoms with van der Waals surface area (Å²) >= 11 is 0. The molecule has 0 fully saturated rings. The molecule has 2 unspecified atom stereocenters. The summed E-state index contributed by atoms with van der Waals surface area (Å²) in [5.41, 5.74) is 5.96. The predicted octanol–water partition coefficient (Wildman–Crippen LogP) is 3.54. The van der Waals surface area contributed by atoms with Crippen LogP contribution < -0.4 is 5.32 Å². The van der Waals surface area contributed by atoms with Crippen molar-refractivity contribution in [2.45, 2.75) is 46.1 Å². The second-order valence-electron chi connectivity index (χ2n) is 5.36. The standard InChI is InChI=1S/C15H23N/c1-10-5-6-13-8-11(2)12(3)9-14(13)15(7-10)16-4/h8-10,15-16H,5-7H2,1-4H3. The molecule has 0 radical (unpaired) electrons. The van der Waals surface area contributed by atoms with Crippen LogP contribution in [0.25, 0.3) is 0 Å². The topological polar surface area (TPSA) is 12.0 Å². The summed E-state index contributed by atoms with van der Waals surface area (Å²) in [7, 11) is 2.08. The average molecular weight is 217 g/mol. The summed E-state index contributed by atoms with van der Waals surface area (Å²) in [5.74, 6) is 0.825. The van der Waals surface area contributed by atoms with Gasteiger partial charge in [-0.2, -0.15) is 0 Å². The third-order valence-corrected chi connectivity index (χ3v) is 4.02. The SMILES string of the molecule is CNC1CC(C)CCc2cc(C)c(C)cc21. The molecular weight excluding hydrogens is 194 g/mol. The monoisotopic (exact) mass is 217 g/mol. The molecule has 0 amide bonds. The first kappa shape index (κ1) is 11.7. The number of aryl methyl sites for hydroxylation is 3. The van der Waals surface area contributed by atoms with Gasteiger partial charge < -0.3 is 5.32 Å². The van der Waals surface area contributed by atoms with Gasteiger partial charge in [0.2, 0.25) is 0 Å². The van der Waals surface area contributed by atoms with E-state index >= 15 is 0 Å². The van der Waals surface area contributed by atoms with Gasteiger partial charge in [0.15, 0.2) is 0 Å². The van der Waals surface area contributed by atoms with Crippen molar-refractivity contribution in [2.75, 3.05) is 7.05 Å². The van der Waals surface area contributed by atoms with Crippen LogP contribution in [0, 0.1) is 19.8 Å². The molecule has 0 bridgehead atoms. The molecule has 0 saturated carbocycles. The molecule has 1 aromatic rings. The molecule has 88 valence electrons. The Morgan fingerprint density at radius 1 is 1.19 bits per heavy atom. The third kappa shape index (κ3) is 2.15. The molecule has 0 spiro atoms. The van der Waals surface area contributed by atoms with Crippen molar-refractivity contribution < 1.29 is 0 Å². The number of rotatable bonds is 1. The highest BCUT2D eigenvalue weighted by Gasteiger charge is 2.21. The molecule has 2 atom stereocenters. The molecule has 1 N–H and O–H groups in total. The van der Waals surface area contributed by atoms with Crippen LogP contribution >= 0.6 is 0 Å². The Morgan fingerprint density at radius 3 is 2.56 bits per heavy atom. The van der Waals surface area contributed by atoms with E-state index in [0.717, 1.165) is 5.92 Å². The molecule has 2 rings (SSSR count). The van der Waals surface area contributed by atoms with Gasteiger partial charge in [-0.25, -0.2) is 0 Å². The van der Waals surface area contributed by atoms with Crippen LogP contribution in [0.5, 0.6) is 0 Å². The highest BCUT2D eigenvalue weighted by Crippen LogP contribution is 2.33. The number of nitrogens with one attached hydrogen (secondary N) is 1. The van der Waals surface area contributed by atoms with E-state index in [0.29, 0.717) is 6.04 Å². The van der Waals surface area contributed by atoms with Crippen molar-refractivity contribution in [3.05, 3.63) is 34.4 Å². The minimum atomic E-state index is 0.548. The van der Waals surface area contributed by atoms with Gasteiger partial charge in [0.05, 0.1) is 0 Å². The summed E-state index contributed by atoms with van der Waals surface area (Å²) in [5, 5.41) is 3.48. The molecule has 16 heavy (non-hydrogen) atoms. The van der Waals surface area contributed by atoms with E-state index in [1.807, 2.05) is 0 Å². The Morgan fingerprint density at radius 2 is 1.88 bits per heavy atom. The zero-order chi connectivity index (χ0) is 11.7. The Labute approximate surface area is 99.3 Å². The molecule has 0 saturated heterocycles. The fourth-order valence-corrected chi connectivity index (χ4v) is 2.76. The Hall–Kier alpha value is -0.820. The van der Waals surface area contributed by atoms with Crippen molar-refractivity contribution in [2.24, 2.45) is 5.92 Å². The van der Waals surface area contributed by atoms with E-state index in [2.05, 4.69) is 45.3 Å². The van der Waals surface area contributed by atoms with E-state index in [-0.39, 0.29) is 0 Å². The first-order chi connectivity index (χ1) is 7.61. The van der Waals surface area contributed by atoms with Gasteiger partial charge in [-0.15, -0.1) is 0 Å². The van der Waals surface area contributed by atoms with Crippen LogP contribution in [-0.2, 0) is 6.42 Å². The van der Waals surface area contributed by atoms with E-state index < -0.39 is 0 Å². The molecule has 1 aromatic carbocycles. The van der Waals surface area contributed by atoms with Crippen molar-refractivity contribution in [3.8, 4) is 0 Å². The van der Waals surface area contributed by atoms with Gasteiger partial charge in [-0.1, -0.05) is 19.1 Å². The van der Waals surface area contributed by atoms with Crippen LogP contribution in [0.4, 0.5) is 0 Å². The molecule has 1 aliphatic rings. The van der Waals surface area contributed by atoms with Crippen molar-refractivity contribution in [3.63, 3.8) is 0 Å². The fraction of sp³-hybridized carbons (Fsp3) is 0.600. The Bertz CT molecular complexity index is 381. The van der Waals surface area contributed by atoms with Crippen molar-refractivity contribution >= 4 is 0 Å². The summed E-state index contributed by atoms with van der Waals surface area (Å²) in [6.45, 7) is 6.81. The van der Waals surface area contributed by atoms with Crippen LogP contribution in [0.1, 0.15) is 48.1 Å². The number of hydrogen-bond acceptors (Lipinski definition) is 1. The van der Waals surface area contributed by atoms with Crippen molar-refractivity contribution in [1.82, 2.24) is 5.32 Å². The van der Waals surface area contributed by atoms with Gasteiger partial charge in [0, 0.05) is 6.04 Å².